The van der Waals surface area contributed by atoms with E-state index in [1.165, 1.54) is 18.3 Å². The monoisotopic (exact) mass is 617 g/mol. The smallest absolute Gasteiger partial charge is 0.388 e. The highest BCUT2D eigenvalue weighted by Gasteiger charge is 2.58. The van der Waals surface area contributed by atoms with Crippen LogP contribution in [0, 0.1) is 23.4 Å². The summed E-state index contributed by atoms with van der Waals surface area (Å²) in [6.45, 7) is -0.634. The van der Waals surface area contributed by atoms with Crippen molar-refractivity contribution in [2.75, 3.05) is 0 Å². The number of carbonyl (C=O) groups is 1. The number of benzene rings is 2. The zero-order chi connectivity index (χ0) is 31.5. The molecule has 230 valence electrons. The van der Waals surface area contributed by atoms with E-state index in [1.807, 2.05) is 0 Å². The molecule has 4 unspecified atom stereocenters. The number of aromatic nitrogens is 3. The number of nitrogens with zero attached hydrogens (tertiary/aromatic N) is 3. The molecule has 0 aliphatic heterocycles. The van der Waals surface area contributed by atoms with E-state index in [0.29, 0.717) is 23.6 Å². The summed E-state index contributed by atoms with van der Waals surface area (Å²) in [7, 11) is 0. The van der Waals surface area contributed by atoms with Crippen LogP contribution < -0.4 is 11.1 Å². The van der Waals surface area contributed by atoms with E-state index in [9.17, 15) is 41.4 Å². The van der Waals surface area contributed by atoms with Gasteiger partial charge in [0.15, 0.2) is 5.69 Å². The van der Waals surface area contributed by atoms with Crippen molar-refractivity contribution in [2.24, 2.45) is 11.7 Å². The van der Waals surface area contributed by atoms with Crippen molar-refractivity contribution in [3.05, 3.63) is 106 Å². The number of amides is 1. The Kier molecular flexibility index (Phi) is 7.46. The molecule has 0 radical (unpaired) electrons. The SMILES string of the molecule is NC(O)c1cc(-c2cccnc2[C@H](Cc2cc(F)cc(F)c2)NC(=O)Cn2nc(C(F)(F)F)c3c2C2CC2C3O)ccc1F. The first-order valence-electron chi connectivity index (χ1n) is 13.6. The van der Waals surface area contributed by atoms with Gasteiger partial charge in [-0.15, -0.1) is 0 Å². The van der Waals surface area contributed by atoms with Crippen LogP contribution in [-0.4, -0.2) is 30.9 Å². The Morgan fingerprint density at radius 2 is 1.84 bits per heavy atom. The molecule has 2 aromatic heterocycles. The Bertz CT molecular complexity index is 1740. The number of hydrogen-bond donors (Lipinski definition) is 4. The third kappa shape index (κ3) is 5.55. The quantitative estimate of drug-likeness (QED) is 0.170. The second kappa shape index (κ2) is 11.0. The van der Waals surface area contributed by atoms with E-state index in [0.717, 1.165) is 22.9 Å². The van der Waals surface area contributed by atoms with Crippen LogP contribution >= 0.6 is 0 Å². The minimum Gasteiger partial charge on any atom is -0.388 e. The Hall–Kier alpha value is -4.27. The third-order valence-electron chi connectivity index (χ3n) is 7.98. The molecule has 14 heteroatoms. The van der Waals surface area contributed by atoms with Crippen molar-refractivity contribution < 1.29 is 41.4 Å². The van der Waals surface area contributed by atoms with E-state index in [4.69, 9.17) is 5.73 Å². The number of hydrogen-bond acceptors (Lipinski definition) is 6. The number of nitrogens with one attached hydrogen (secondary N) is 1. The van der Waals surface area contributed by atoms with Gasteiger partial charge in [-0.05, 0) is 60.2 Å². The predicted molar refractivity (Wildman–Crippen MR) is 143 cm³/mol. The van der Waals surface area contributed by atoms with Crippen LogP contribution in [0.5, 0.6) is 0 Å². The second-order valence-electron chi connectivity index (χ2n) is 11.0. The van der Waals surface area contributed by atoms with Crippen molar-refractivity contribution in [1.82, 2.24) is 20.1 Å². The number of halogens is 6. The maximum atomic E-state index is 14.3. The molecule has 1 fully saturated rings. The van der Waals surface area contributed by atoms with E-state index in [2.05, 4.69) is 15.4 Å². The van der Waals surface area contributed by atoms with Crippen LogP contribution in [0.3, 0.4) is 0 Å². The Morgan fingerprint density at radius 1 is 1.11 bits per heavy atom. The minimum absolute atomic E-state index is 0.143. The third-order valence-corrected chi connectivity index (χ3v) is 7.98. The number of fused-ring (bicyclic) bond motifs is 3. The van der Waals surface area contributed by atoms with Crippen molar-refractivity contribution in [1.29, 1.82) is 0 Å². The van der Waals surface area contributed by atoms with Gasteiger partial charge in [0, 0.05) is 40.6 Å². The predicted octanol–water partition coefficient (Wildman–Crippen LogP) is 4.58. The van der Waals surface area contributed by atoms with Crippen LogP contribution in [0.15, 0.2) is 54.7 Å². The highest BCUT2D eigenvalue weighted by atomic mass is 19.4. The van der Waals surface area contributed by atoms with Gasteiger partial charge in [0.2, 0.25) is 5.91 Å². The summed E-state index contributed by atoms with van der Waals surface area (Å²) in [5.41, 5.74) is 4.93. The van der Waals surface area contributed by atoms with Gasteiger partial charge in [0.25, 0.3) is 0 Å². The van der Waals surface area contributed by atoms with Crippen molar-refractivity contribution in [3.63, 3.8) is 0 Å². The summed E-state index contributed by atoms with van der Waals surface area (Å²) in [5.74, 6) is -3.99. The number of carbonyl (C=O) groups excluding carboxylic acids is 1. The normalized spacial score (nSPS) is 20.2. The summed E-state index contributed by atoms with van der Waals surface area (Å²) in [5, 5.41) is 26.6. The lowest BCUT2D eigenvalue weighted by Gasteiger charge is -2.22. The average molecular weight is 618 g/mol. The van der Waals surface area contributed by atoms with Crippen LogP contribution in [0.4, 0.5) is 26.3 Å². The molecular weight excluding hydrogens is 592 g/mol. The van der Waals surface area contributed by atoms with Crippen LogP contribution in [0.1, 0.15) is 64.5 Å². The van der Waals surface area contributed by atoms with Gasteiger partial charge in [0.05, 0.1) is 17.8 Å². The molecular formula is C30H25F6N5O3. The number of aliphatic hydroxyl groups excluding tert-OH is 2. The summed E-state index contributed by atoms with van der Waals surface area (Å²) < 4.78 is 84.7. The number of alkyl halides is 3. The molecule has 2 aliphatic carbocycles. The largest absolute Gasteiger partial charge is 0.435 e. The summed E-state index contributed by atoms with van der Waals surface area (Å²) in [6, 6.07) is 8.66. The van der Waals surface area contributed by atoms with Crippen LogP contribution in [0.25, 0.3) is 11.1 Å². The van der Waals surface area contributed by atoms with E-state index in [-0.39, 0.29) is 46.3 Å². The molecule has 0 bridgehead atoms. The highest BCUT2D eigenvalue weighted by molar-refractivity contribution is 5.77. The van der Waals surface area contributed by atoms with Crippen molar-refractivity contribution in [3.8, 4) is 11.1 Å². The molecule has 5 atom stereocenters. The van der Waals surface area contributed by atoms with E-state index in [1.54, 1.807) is 12.1 Å². The molecule has 0 saturated heterocycles. The van der Waals surface area contributed by atoms with Gasteiger partial charge in [0.1, 0.15) is 30.2 Å². The lowest BCUT2D eigenvalue weighted by Crippen LogP contribution is -2.34. The van der Waals surface area contributed by atoms with Gasteiger partial charge < -0.3 is 21.3 Å². The van der Waals surface area contributed by atoms with Gasteiger partial charge in [-0.1, -0.05) is 12.1 Å². The molecule has 44 heavy (non-hydrogen) atoms. The number of pyridine rings is 1. The first-order chi connectivity index (χ1) is 20.8. The Balaban J connectivity index is 1.37. The number of aliphatic hydroxyl groups is 2. The Labute approximate surface area is 246 Å². The average Bonchev–Trinajstić information content (AvgIpc) is 3.56. The summed E-state index contributed by atoms with van der Waals surface area (Å²) in [6.07, 6.45) is -6.13. The molecule has 1 saturated carbocycles. The lowest BCUT2D eigenvalue weighted by molar-refractivity contribution is -0.143. The fourth-order valence-corrected chi connectivity index (χ4v) is 6.03. The summed E-state index contributed by atoms with van der Waals surface area (Å²) in [4.78, 5) is 17.8. The first-order valence-corrected chi connectivity index (χ1v) is 13.6. The molecule has 6 rings (SSSR count). The zero-order valence-corrected chi connectivity index (χ0v) is 22.7. The highest BCUT2D eigenvalue weighted by Crippen LogP contribution is 2.63. The lowest BCUT2D eigenvalue weighted by atomic mass is 9.94. The molecule has 2 heterocycles. The minimum atomic E-state index is -4.85. The van der Waals surface area contributed by atoms with E-state index >= 15 is 0 Å². The van der Waals surface area contributed by atoms with Gasteiger partial charge >= 0.3 is 6.18 Å². The zero-order valence-electron chi connectivity index (χ0n) is 22.7. The van der Waals surface area contributed by atoms with Gasteiger partial charge in [-0.2, -0.15) is 18.3 Å². The Morgan fingerprint density at radius 3 is 2.52 bits per heavy atom. The van der Waals surface area contributed by atoms with E-state index < -0.39 is 60.1 Å². The summed E-state index contributed by atoms with van der Waals surface area (Å²) >= 11 is 0. The molecule has 2 aromatic carbocycles. The number of rotatable bonds is 8. The molecule has 1 amide bonds. The fourth-order valence-electron chi connectivity index (χ4n) is 6.03. The van der Waals surface area contributed by atoms with Gasteiger partial charge in [-0.25, -0.2) is 13.2 Å². The molecule has 8 nitrogen and oxygen atoms in total. The molecule has 2 aliphatic rings. The topological polar surface area (TPSA) is 126 Å². The first kappa shape index (κ1) is 29.8. The standard InChI is InChI=1S/C30H25F6N5O3/c31-15-6-13(7-16(32)10-15)8-22(25-17(2-1-5-38-25)14-3-4-21(33)20(9-14)29(37)44)39-23(42)12-41-26-18-11-19(18)27(43)24(26)28(40-41)30(34,35)36/h1-7,9-10,18-19,22,27,29,43-44H,8,11-12,37H2,(H,39,42)/t18?,19?,22-,27?,29?/m0/s1. The van der Waals surface area contributed by atoms with Crippen molar-refractivity contribution >= 4 is 5.91 Å². The van der Waals surface area contributed by atoms with Crippen molar-refractivity contribution in [2.45, 2.75) is 49.9 Å². The molecule has 0 spiro atoms. The fraction of sp³-hybridized carbons (Fsp3) is 0.300. The maximum absolute atomic E-state index is 14.3. The second-order valence-corrected chi connectivity index (χ2v) is 11.0. The number of nitrogens with two attached hydrogens (primary N) is 1. The maximum Gasteiger partial charge on any atom is 0.435 e. The van der Waals surface area contributed by atoms with Crippen LogP contribution in [-0.2, 0) is 23.9 Å². The molecule has 4 aromatic rings. The van der Waals surface area contributed by atoms with Gasteiger partial charge in [-0.3, -0.25) is 14.5 Å². The molecule has 5 N–H and O–H groups in total. The van der Waals surface area contributed by atoms with Crippen LogP contribution in [0.2, 0.25) is 0 Å².